The normalized spacial score (nSPS) is 11.4. The molecule has 0 fully saturated rings. The Morgan fingerprint density at radius 3 is 2.30 bits per heavy atom. The minimum absolute atomic E-state index is 0.682. The Hall–Kier alpha value is -2.23. The average molecular weight is 268 g/mol. The Kier molecular flexibility index (Phi) is 2.64. The van der Waals surface area contributed by atoms with Crippen LogP contribution >= 0.6 is 0 Å². The van der Waals surface area contributed by atoms with Crippen molar-refractivity contribution in [2.75, 3.05) is 5.73 Å². The number of fused-ring (bicyclic) bond motifs is 1. The minimum Gasteiger partial charge on any atom is -0.384 e. The van der Waals surface area contributed by atoms with E-state index in [9.17, 15) is 0 Å². The lowest BCUT2D eigenvalue weighted by Crippen LogP contribution is -1.96. The number of anilines is 1. The third-order valence-corrected chi connectivity index (χ3v) is 4.21. The van der Waals surface area contributed by atoms with Crippen LogP contribution in [0.25, 0.3) is 22.2 Å². The molecule has 0 atom stereocenters. The molecule has 4 heteroatoms. The van der Waals surface area contributed by atoms with Crippen LogP contribution in [0.4, 0.5) is 5.82 Å². The van der Waals surface area contributed by atoms with Crippen LogP contribution in [-0.4, -0.2) is 14.3 Å². The first kappa shape index (κ1) is 12.8. The number of rotatable bonds is 1. The highest BCUT2D eigenvalue weighted by Gasteiger charge is 2.19. The molecule has 0 radical (unpaired) electrons. The zero-order valence-electron chi connectivity index (χ0n) is 12.7. The first-order chi connectivity index (χ1) is 9.41. The molecule has 3 rings (SSSR count). The molecule has 4 nitrogen and oxygen atoms in total. The number of nitrogen functional groups attached to an aromatic ring is 1. The van der Waals surface area contributed by atoms with Gasteiger partial charge in [0.15, 0.2) is 0 Å². The van der Waals surface area contributed by atoms with E-state index >= 15 is 0 Å². The SMILES string of the molecule is Cc1ccc(C)c2c1c(-c1cc(N)n(C)n1)c(C)n2C. The standard InChI is InChI=1S/C16H20N4/c1-9-6-7-10(2)16-14(9)15(11(3)19(16)4)12-8-13(17)20(5)18-12/h6-8H,17H2,1-5H3. The fourth-order valence-corrected chi connectivity index (χ4v) is 2.98. The molecule has 0 aliphatic carbocycles. The van der Waals surface area contributed by atoms with Gasteiger partial charge in [-0.05, 0) is 31.9 Å². The first-order valence-corrected chi connectivity index (χ1v) is 6.77. The van der Waals surface area contributed by atoms with Crippen molar-refractivity contribution in [2.45, 2.75) is 20.8 Å². The number of aromatic nitrogens is 3. The van der Waals surface area contributed by atoms with E-state index in [1.807, 2.05) is 13.1 Å². The summed E-state index contributed by atoms with van der Waals surface area (Å²) < 4.78 is 3.97. The van der Waals surface area contributed by atoms with Crippen LogP contribution < -0.4 is 5.73 Å². The molecule has 2 aromatic heterocycles. The molecule has 0 aliphatic rings. The van der Waals surface area contributed by atoms with E-state index < -0.39 is 0 Å². The van der Waals surface area contributed by atoms with Gasteiger partial charge < -0.3 is 10.3 Å². The highest BCUT2D eigenvalue weighted by molar-refractivity contribution is 6.01. The molecule has 0 aliphatic heterocycles. The summed E-state index contributed by atoms with van der Waals surface area (Å²) in [5.74, 6) is 0.682. The van der Waals surface area contributed by atoms with E-state index in [4.69, 9.17) is 5.73 Å². The van der Waals surface area contributed by atoms with Crippen molar-refractivity contribution in [3.05, 3.63) is 35.0 Å². The number of aryl methyl sites for hydroxylation is 4. The fourth-order valence-electron chi connectivity index (χ4n) is 2.98. The lowest BCUT2D eigenvalue weighted by Gasteiger charge is -2.04. The van der Waals surface area contributed by atoms with Gasteiger partial charge in [0.05, 0.1) is 11.2 Å². The van der Waals surface area contributed by atoms with Gasteiger partial charge in [-0.3, -0.25) is 4.68 Å². The van der Waals surface area contributed by atoms with Gasteiger partial charge in [-0.25, -0.2) is 0 Å². The van der Waals surface area contributed by atoms with Crippen molar-refractivity contribution in [2.24, 2.45) is 14.1 Å². The molecule has 104 valence electrons. The summed E-state index contributed by atoms with van der Waals surface area (Å²) >= 11 is 0. The van der Waals surface area contributed by atoms with Crippen molar-refractivity contribution in [3.8, 4) is 11.3 Å². The second-order valence-corrected chi connectivity index (χ2v) is 5.52. The Morgan fingerprint density at radius 1 is 1.05 bits per heavy atom. The second kappa shape index (κ2) is 4.13. The van der Waals surface area contributed by atoms with E-state index in [0.717, 1.165) is 5.69 Å². The van der Waals surface area contributed by atoms with Gasteiger partial charge in [-0.2, -0.15) is 5.10 Å². The average Bonchev–Trinajstić information content (AvgIpc) is 2.85. The predicted molar refractivity (Wildman–Crippen MR) is 83.7 cm³/mol. The molecule has 2 heterocycles. The molecule has 0 spiro atoms. The van der Waals surface area contributed by atoms with Crippen LogP contribution in [0.1, 0.15) is 16.8 Å². The Morgan fingerprint density at radius 2 is 1.70 bits per heavy atom. The van der Waals surface area contributed by atoms with Gasteiger partial charge in [0.1, 0.15) is 5.82 Å². The topological polar surface area (TPSA) is 48.8 Å². The molecule has 1 aromatic carbocycles. The monoisotopic (exact) mass is 268 g/mol. The summed E-state index contributed by atoms with van der Waals surface area (Å²) in [6, 6.07) is 6.30. The van der Waals surface area contributed by atoms with Crippen molar-refractivity contribution < 1.29 is 0 Å². The van der Waals surface area contributed by atoms with Crippen LogP contribution in [0.5, 0.6) is 0 Å². The van der Waals surface area contributed by atoms with Crippen LogP contribution in [0.3, 0.4) is 0 Å². The molecule has 0 saturated heterocycles. The minimum atomic E-state index is 0.682. The smallest absolute Gasteiger partial charge is 0.121 e. The van der Waals surface area contributed by atoms with E-state index in [0.29, 0.717) is 5.82 Å². The third-order valence-electron chi connectivity index (χ3n) is 4.21. The van der Waals surface area contributed by atoms with Crippen LogP contribution in [0, 0.1) is 20.8 Å². The van der Waals surface area contributed by atoms with Crippen LogP contribution in [-0.2, 0) is 14.1 Å². The van der Waals surface area contributed by atoms with Crippen molar-refractivity contribution in [1.82, 2.24) is 14.3 Å². The van der Waals surface area contributed by atoms with Gasteiger partial charge in [0.2, 0.25) is 0 Å². The predicted octanol–water partition coefficient (Wildman–Crippen LogP) is 3.09. The molecule has 3 aromatic rings. The number of benzene rings is 1. The van der Waals surface area contributed by atoms with Crippen molar-refractivity contribution in [3.63, 3.8) is 0 Å². The molecule has 0 bridgehead atoms. The zero-order chi connectivity index (χ0) is 14.6. The maximum absolute atomic E-state index is 5.94. The maximum atomic E-state index is 5.94. The number of nitrogens with two attached hydrogens (primary N) is 1. The quantitative estimate of drug-likeness (QED) is 0.737. The van der Waals surface area contributed by atoms with Crippen molar-refractivity contribution in [1.29, 1.82) is 0 Å². The lowest BCUT2D eigenvalue weighted by molar-refractivity contribution is 0.782. The second-order valence-electron chi connectivity index (χ2n) is 5.52. The summed E-state index contributed by atoms with van der Waals surface area (Å²) in [5.41, 5.74) is 13.1. The number of hydrogen-bond acceptors (Lipinski definition) is 2. The zero-order valence-corrected chi connectivity index (χ0v) is 12.7. The third kappa shape index (κ3) is 1.57. The van der Waals surface area contributed by atoms with Gasteiger partial charge in [-0.1, -0.05) is 12.1 Å². The molecule has 0 unspecified atom stereocenters. The van der Waals surface area contributed by atoms with Gasteiger partial charge in [-0.15, -0.1) is 0 Å². The largest absolute Gasteiger partial charge is 0.384 e. The summed E-state index contributed by atoms with van der Waals surface area (Å²) in [6.07, 6.45) is 0. The summed E-state index contributed by atoms with van der Waals surface area (Å²) in [6.45, 7) is 6.44. The molecule has 20 heavy (non-hydrogen) atoms. The first-order valence-electron chi connectivity index (χ1n) is 6.77. The highest BCUT2D eigenvalue weighted by Crippen LogP contribution is 2.37. The maximum Gasteiger partial charge on any atom is 0.121 e. The van der Waals surface area contributed by atoms with Gasteiger partial charge in [0.25, 0.3) is 0 Å². The Labute approximate surface area is 118 Å². The van der Waals surface area contributed by atoms with Crippen LogP contribution in [0.15, 0.2) is 18.2 Å². The van der Waals surface area contributed by atoms with E-state index in [1.54, 1.807) is 4.68 Å². The highest BCUT2D eigenvalue weighted by atomic mass is 15.3. The van der Waals surface area contributed by atoms with Gasteiger partial charge >= 0.3 is 0 Å². The van der Waals surface area contributed by atoms with Crippen molar-refractivity contribution >= 4 is 16.7 Å². The van der Waals surface area contributed by atoms with E-state index in [-0.39, 0.29) is 0 Å². The molecular weight excluding hydrogens is 248 g/mol. The molecule has 2 N–H and O–H groups in total. The number of nitrogens with zero attached hydrogens (tertiary/aromatic N) is 3. The summed E-state index contributed by atoms with van der Waals surface area (Å²) in [7, 11) is 3.98. The molecular formula is C16H20N4. The van der Waals surface area contributed by atoms with E-state index in [2.05, 4.69) is 49.6 Å². The molecule has 0 amide bonds. The number of hydrogen-bond donors (Lipinski definition) is 1. The fraction of sp³-hybridized carbons (Fsp3) is 0.312. The molecule has 0 saturated carbocycles. The Balaban J connectivity index is 2.47. The summed E-state index contributed by atoms with van der Waals surface area (Å²) in [5, 5.41) is 5.83. The lowest BCUT2D eigenvalue weighted by atomic mass is 10.0. The van der Waals surface area contributed by atoms with Gasteiger partial charge in [0, 0.05) is 36.8 Å². The van der Waals surface area contributed by atoms with E-state index in [1.165, 1.54) is 33.3 Å². The summed E-state index contributed by atoms with van der Waals surface area (Å²) in [4.78, 5) is 0. The van der Waals surface area contributed by atoms with Crippen LogP contribution in [0.2, 0.25) is 0 Å². The Bertz CT molecular complexity index is 801.